The molecule has 0 bridgehead atoms. The van der Waals surface area contributed by atoms with Crippen LogP contribution in [0.3, 0.4) is 0 Å². The number of rotatable bonds is 3. The molecule has 5 heteroatoms. The summed E-state index contributed by atoms with van der Waals surface area (Å²) >= 11 is 0. The molecule has 0 fully saturated rings. The Morgan fingerprint density at radius 3 is 2.73 bits per heavy atom. The van der Waals surface area contributed by atoms with Gasteiger partial charge in [0.25, 0.3) is 0 Å². The van der Waals surface area contributed by atoms with E-state index in [1.165, 1.54) is 12.3 Å². The van der Waals surface area contributed by atoms with Gasteiger partial charge in [0.1, 0.15) is 0 Å². The molecule has 3 nitrogen and oxygen atoms in total. The van der Waals surface area contributed by atoms with Crippen LogP contribution in [0.1, 0.15) is 18.9 Å². The average molecular weight is 213 g/mol. The molecule has 0 radical (unpaired) electrons. The SMILES string of the molecule is C[C@H](N)C/C=C/c1cnc(N)c(F)c1F. The molecule has 0 saturated heterocycles. The van der Waals surface area contributed by atoms with Gasteiger partial charge in [-0.05, 0) is 13.3 Å². The van der Waals surface area contributed by atoms with E-state index in [2.05, 4.69) is 4.98 Å². The molecular weight excluding hydrogens is 200 g/mol. The third-order valence-corrected chi connectivity index (χ3v) is 1.82. The summed E-state index contributed by atoms with van der Waals surface area (Å²) in [5.41, 5.74) is 10.7. The van der Waals surface area contributed by atoms with Crippen LogP contribution in [-0.2, 0) is 0 Å². The molecule has 15 heavy (non-hydrogen) atoms. The van der Waals surface area contributed by atoms with Gasteiger partial charge in [-0.3, -0.25) is 0 Å². The summed E-state index contributed by atoms with van der Waals surface area (Å²) in [6, 6.07) is -0.0177. The summed E-state index contributed by atoms with van der Waals surface area (Å²) in [4.78, 5) is 3.52. The van der Waals surface area contributed by atoms with Gasteiger partial charge in [-0.25, -0.2) is 9.37 Å². The predicted octanol–water partition coefficient (Wildman–Crippen LogP) is 1.69. The van der Waals surface area contributed by atoms with Gasteiger partial charge in [0.05, 0.1) is 0 Å². The molecule has 1 heterocycles. The minimum absolute atomic E-state index is 0.0177. The Morgan fingerprint density at radius 1 is 1.47 bits per heavy atom. The number of hydrogen-bond acceptors (Lipinski definition) is 3. The van der Waals surface area contributed by atoms with E-state index in [4.69, 9.17) is 11.5 Å². The molecular formula is C10H13F2N3. The maximum atomic E-state index is 13.2. The first kappa shape index (κ1) is 11.6. The molecule has 1 aromatic rings. The van der Waals surface area contributed by atoms with Crippen LogP contribution < -0.4 is 11.5 Å². The van der Waals surface area contributed by atoms with Crippen molar-refractivity contribution in [2.24, 2.45) is 5.73 Å². The fraction of sp³-hybridized carbons (Fsp3) is 0.300. The molecule has 0 aliphatic rings. The van der Waals surface area contributed by atoms with E-state index < -0.39 is 17.5 Å². The molecule has 1 rings (SSSR count). The molecule has 4 N–H and O–H groups in total. The zero-order chi connectivity index (χ0) is 11.4. The lowest BCUT2D eigenvalue weighted by molar-refractivity contribution is 0.506. The number of halogens is 2. The van der Waals surface area contributed by atoms with Crippen molar-refractivity contribution in [3.8, 4) is 0 Å². The van der Waals surface area contributed by atoms with Gasteiger partial charge in [-0.2, -0.15) is 4.39 Å². The lowest BCUT2D eigenvalue weighted by Crippen LogP contribution is -2.12. The van der Waals surface area contributed by atoms with Gasteiger partial charge in [0.15, 0.2) is 11.6 Å². The Balaban J connectivity index is 2.87. The molecule has 1 aromatic heterocycles. The van der Waals surface area contributed by atoms with E-state index in [0.717, 1.165) is 0 Å². The predicted molar refractivity (Wildman–Crippen MR) is 55.9 cm³/mol. The highest BCUT2D eigenvalue weighted by atomic mass is 19.2. The Hall–Kier alpha value is -1.49. The number of nitrogens with two attached hydrogens (primary N) is 2. The van der Waals surface area contributed by atoms with Crippen molar-refractivity contribution in [2.45, 2.75) is 19.4 Å². The first-order valence-corrected chi connectivity index (χ1v) is 4.54. The number of nitrogens with zero attached hydrogens (tertiary/aromatic N) is 1. The van der Waals surface area contributed by atoms with Gasteiger partial charge in [-0.1, -0.05) is 12.2 Å². The number of nitrogen functional groups attached to an aromatic ring is 1. The van der Waals surface area contributed by atoms with Crippen molar-refractivity contribution >= 4 is 11.9 Å². The first-order valence-electron chi connectivity index (χ1n) is 4.54. The van der Waals surface area contributed by atoms with Crippen molar-refractivity contribution in [2.75, 3.05) is 5.73 Å². The molecule has 0 spiro atoms. The van der Waals surface area contributed by atoms with E-state index in [-0.39, 0.29) is 11.6 Å². The van der Waals surface area contributed by atoms with E-state index in [0.29, 0.717) is 6.42 Å². The second kappa shape index (κ2) is 4.84. The molecule has 0 unspecified atom stereocenters. The Labute approximate surface area is 86.8 Å². The summed E-state index contributed by atoms with van der Waals surface area (Å²) in [5, 5.41) is 0. The molecule has 0 amide bonds. The zero-order valence-corrected chi connectivity index (χ0v) is 8.37. The Morgan fingerprint density at radius 2 is 2.13 bits per heavy atom. The van der Waals surface area contributed by atoms with Gasteiger partial charge < -0.3 is 11.5 Å². The molecule has 1 atom stereocenters. The lowest BCUT2D eigenvalue weighted by atomic mass is 10.2. The molecule has 0 aromatic carbocycles. The minimum Gasteiger partial charge on any atom is -0.381 e. The van der Waals surface area contributed by atoms with E-state index in [1.54, 1.807) is 6.08 Å². The molecule has 82 valence electrons. The smallest absolute Gasteiger partial charge is 0.201 e. The Kier molecular flexibility index (Phi) is 3.74. The van der Waals surface area contributed by atoms with Crippen LogP contribution in [0.25, 0.3) is 6.08 Å². The highest BCUT2D eigenvalue weighted by molar-refractivity contribution is 5.51. The van der Waals surface area contributed by atoms with Crippen LogP contribution >= 0.6 is 0 Å². The van der Waals surface area contributed by atoms with Crippen LogP contribution in [-0.4, -0.2) is 11.0 Å². The third-order valence-electron chi connectivity index (χ3n) is 1.82. The van der Waals surface area contributed by atoms with Crippen molar-refractivity contribution in [1.82, 2.24) is 4.98 Å². The quantitative estimate of drug-likeness (QED) is 0.803. The first-order chi connectivity index (χ1) is 7.02. The molecule has 0 saturated carbocycles. The monoisotopic (exact) mass is 213 g/mol. The largest absolute Gasteiger partial charge is 0.381 e. The summed E-state index contributed by atoms with van der Waals surface area (Å²) in [7, 11) is 0. The fourth-order valence-electron chi connectivity index (χ4n) is 1.02. The standard InChI is InChI=1S/C10H13F2N3/c1-6(13)3-2-4-7-5-15-10(14)9(12)8(7)11/h2,4-6H,3,13H2,1H3,(H2,14,15)/b4-2+/t6-/m0/s1. The molecule has 0 aliphatic heterocycles. The average Bonchev–Trinajstić information content (AvgIpc) is 2.18. The van der Waals surface area contributed by atoms with Gasteiger partial charge in [-0.15, -0.1) is 0 Å². The summed E-state index contributed by atoms with van der Waals surface area (Å²) < 4.78 is 26.2. The number of pyridine rings is 1. The second-order valence-electron chi connectivity index (χ2n) is 3.34. The summed E-state index contributed by atoms with van der Waals surface area (Å²) in [6.45, 7) is 1.82. The Bertz CT molecular complexity index is 375. The maximum absolute atomic E-state index is 13.2. The van der Waals surface area contributed by atoms with Crippen LogP contribution in [0.2, 0.25) is 0 Å². The third kappa shape index (κ3) is 2.99. The van der Waals surface area contributed by atoms with E-state index >= 15 is 0 Å². The fourth-order valence-corrected chi connectivity index (χ4v) is 1.02. The molecule has 0 aliphatic carbocycles. The minimum atomic E-state index is -1.11. The normalized spacial score (nSPS) is 13.3. The van der Waals surface area contributed by atoms with Crippen LogP contribution in [0.4, 0.5) is 14.6 Å². The van der Waals surface area contributed by atoms with E-state index in [1.807, 2.05) is 6.92 Å². The number of aromatic nitrogens is 1. The number of anilines is 1. The van der Waals surface area contributed by atoms with Crippen molar-refractivity contribution in [1.29, 1.82) is 0 Å². The van der Waals surface area contributed by atoms with Crippen molar-refractivity contribution < 1.29 is 8.78 Å². The van der Waals surface area contributed by atoms with Gasteiger partial charge in [0, 0.05) is 17.8 Å². The van der Waals surface area contributed by atoms with Crippen LogP contribution in [0.15, 0.2) is 12.3 Å². The van der Waals surface area contributed by atoms with Gasteiger partial charge in [0.2, 0.25) is 5.82 Å². The van der Waals surface area contributed by atoms with Gasteiger partial charge >= 0.3 is 0 Å². The topological polar surface area (TPSA) is 64.9 Å². The van der Waals surface area contributed by atoms with E-state index in [9.17, 15) is 8.78 Å². The second-order valence-corrected chi connectivity index (χ2v) is 3.34. The summed E-state index contributed by atoms with van der Waals surface area (Å²) in [5.74, 6) is -2.53. The highest BCUT2D eigenvalue weighted by Gasteiger charge is 2.10. The summed E-state index contributed by atoms with van der Waals surface area (Å²) in [6.07, 6.45) is 4.88. The number of hydrogen-bond donors (Lipinski definition) is 2. The van der Waals surface area contributed by atoms with Crippen LogP contribution in [0, 0.1) is 11.6 Å². The maximum Gasteiger partial charge on any atom is 0.201 e. The van der Waals surface area contributed by atoms with Crippen LogP contribution in [0.5, 0.6) is 0 Å². The lowest BCUT2D eigenvalue weighted by Gasteiger charge is -2.01. The zero-order valence-electron chi connectivity index (χ0n) is 8.37. The van der Waals surface area contributed by atoms with Crippen molar-refractivity contribution in [3.05, 3.63) is 29.5 Å². The van der Waals surface area contributed by atoms with Crippen molar-refractivity contribution in [3.63, 3.8) is 0 Å². The highest BCUT2D eigenvalue weighted by Crippen LogP contribution is 2.16.